The van der Waals surface area contributed by atoms with Gasteiger partial charge < -0.3 is 24.6 Å². The van der Waals surface area contributed by atoms with Crippen LogP contribution in [0.5, 0.6) is 17.2 Å². The van der Waals surface area contributed by atoms with Gasteiger partial charge in [0, 0.05) is 18.2 Å². The van der Waals surface area contributed by atoms with Crippen molar-refractivity contribution < 1.29 is 19.3 Å². The third-order valence-electron chi connectivity index (χ3n) is 2.93. The first-order valence-corrected chi connectivity index (χ1v) is 6.28. The largest absolute Gasteiger partial charge is 0.492 e. The number of aliphatic hydroxyl groups is 1. The van der Waals surface area contributed by atoms with E-state index in [0.717, 1.165) is 5.56 Å². The van der Waals surface area contributed by atoms with Gasteiger partial charge in [0.05, 0.1) is 26.4 Å². The fourth-order valence-electron chi connectivity index (χ4n) is 2.04. The van der Waals surface area contributed by atoms with Crippen LogP contribution in [0, 0.1) is 0 Å². The molecule has 0 saturated carbocycles. The number of hydrogen-bond donors (Lipinski definition) is 2. The molecular weight excluding hydrogens is 270 g/mol. The van der Waals surface area contributed by atoms with Crippen LogP contribution in [0.15, 0.2) is 6.07 Å². The summed E-state index contributed by atoms with van der Waals surface area (Å²) in [5.74, 6) is 1.44. The number of ether oxygens (including phenoxy) is 3. The summed E-state index contributed by atoms with van der Waals surface area (Å²) in [6, 6.07) is 1.68. The predicted molar refractivity (Wildman–Crippen MR) is 74.6 cm³/mol. The predicted octanol–water partition coefficient (Wildman–Crippen LogP) is 2.01. The molecule has 1 unspecified atom stereocenters. The van der Waals surface area contributed by atoms with E-state index in [1.165, 1.54) is 14.2 Å². The quantitative estimate of drug-likeness (QED) is 0.804. The Morgan fingerprint density at radius 2 is 1.74 bits per heavy atom. The maximum absolute atomic E-state index is 9.12. The Bertz CT molecular complexity index is 426. The van der Waals surface area contributed by atoms with Crippen LogP contribution in [0.2, 0.25) is 5.02 Å². The van der Waals surface area contributed by atoms with Gasteiger partial charge in [-0.3, -0.25) is 0 Å². The molecule has 1 aromatic rings. The molecule has 0 aliphatic rings. The Morgan fingerprint density at radius 3 is 2.16 bits per heavy atom. The number of halogens is 1. The van der Waals surface area contributed by atoms with Crippen molar-refractivity contribution in [2.45, 2.75) is 12.5 Å². The van der Waals surface area contributed by atoms with Gasteiger partial charge in [-0.05, 0) is 19.5 Å². The van der Waals surface area contributed by atoms with Crippen molar-refractivity contribution in [1.82, 2.24) is 5.32 Å². The van der Waals surface area contributed by atoms with Gasteiger partial charge in [-0.1, -0.05) is 11.6 Å². The molecule has 5 nitrogen and oxygen atoms in total. The standard InChI is InChI=1S/C13H20ClNO4/c1-15-10(5-6-16)8-7-9(14)12(18-3)13(19-4)11(8)17-2/h7,10,15-16H,5-6H2,1-4H3. The summed E-state index contributed by atoms with van der Waals surface area (Å²) in [5, 5.41) is 12.7. The normalized spacial score (nSPS) is 12.1. The van der Waals surface area contributed by atoms with E-state index < -0.39 is 0 Å². The number of rotatable bonds is 7. The van der Waals surface area contributed by atoms with Crippen LogP contribution in [-0.4, -0.2) is 40.1 Å². The van der Waals surface area contributed by atoms with E-state index in [-0.39, 0.29) is 12.6 Å². The van der Waals surface area contributed by atoms with Crippen molar-refractivity contribution in [2.24, 2.45) is 0 Å². The van der Waals surface area contributed by atoms with Crippen molar-refractivity contribution in [1.29, 1.82) is 0 Å². The van der Waals surface area contributed by atoms with E-state index in [9.17, 15) is 0 Å². The van der Waals surface area contributed by atoms with Crippen molar-refractivity contribution in [2.75, 3.05) is 35.0 Å². The molecule has 2 N–H and O–H groups in total. The molecule has 6 heteroatoms. The molecule has 0 amide bonds. The van der Waals surface area contributed by atoms with Gasteiger partial charge in [0.1, 0.15) is 0 Å². The third kappa shape index (κ3) is 3.23. The van der Waals surface area contributed by atoms with E-state index in [1.54, 1.807) is 13.2 Å². The van der Waals surface area contributed by atoms with Crippen molar-refractivity contribution in [3.8, 4) is 17.2 Å². The monoisotopic (exact) mass is 289 g/mol. The molecule has 1 rings (SSSR count). The second-order valence-electron chi connectivity index (χ2n) is 3.90. The average Bonchev–Trinajstić information content (AvgIpc) is 2.43. The Balaban J connectivity index is 3.42. The lowest BCUT2D eigenvalue weighted by Crippen LogP contribution is -2.19. The molecule has 0 radical (unpaired) electrons. The molecule has 0 aromatic heterocycles. The number of aliphatic hydroxyl groups excluding tert-OH is 1. The highest BCUT2D eigenvalue weighted by atomic mass is 35.5. The molecule has 1 aromatic carbocycles. The summed E-state index contributed by atoms with van der Waals surface area (Å²) in [6.07, 6.45) is 0.540. The molecule has 19 heavy (non-hydrogen) atoms. The zero-order valence-electron chi connectivity index (χ0n) is 11.6. The highest BCUT2D eigenvalue weighted by molar-refractivity contribution is 6.32. The van der Waals surface area contributed by atoms with E-state index in [2.05, 4.69) is 5.32 Å². The zero-order chi connectivity index (χ0) is 14.4. The average molecular weight is 290 g/mol. The van der Waals surface area contributed by atoms with E-state index in [0.29, 0.717) is 28.7 Å². The molecule has 0 aliphatic heterocycles. The summed E-state index contributed by atoms with van der Waals surface area (Å²) in [5.41, 5.74) is 0.821. The van der Waals surface area contributed by atoms with Gasteiger partial charge >= 0.3 is 0 Å². The summed E-state index contributed by atoms with van der Waals surface area (Å²) < 4.78 is 16.0. The topological polar surface area (TPSA) is 60.0 Å². The molecule has 0 bridgehead atoms. The Labute approximate surface area is 118 Å². The first-order valence-electron chi connectivity index (χ1n) is 5.91. The van der Waals surface area contributed by atoms with Crippen molar-refractivity contribution in [3.05, 3.63) is 16.7 Å². The van der Waals surface area contributed by atoms with Gasteiger partial charge in [0.15, 0.2) is 11.5 Å². The summed E-state index contributed by atoms with van der Waals surface area (Å²) in [4.78, 5) is 0. The Hall–Kier alpha value is -1.17. The molecule has 0 aliphatic carbocycles. The van der Waals surface area contributed by atoms with Crippen LogP contribution >= 0.6 is 11.6 Å². The number of hydrogen-bond acceptors (Lipinski definition) is 5. The highest BCUT2D eigenvalue weighted by Gasteiger charge is 2.24. The molecule has 0 saturated heterocycles. The van der Waals surface area contributed by atoms with Crippen LogP contribution in [0.1, 0.15) is 18.0 Å². The maximum Gasteiger partial charge on any atom is 0.205 e. The van der Waals surface area contributed by atoms with Gasteiger partial charge in [0.2, 0.25) is 5.75 Å². The second kappa shape index (κ2) is 7.43. The van der Waals surface area contributed by atoms with Gasteiger partial charge in [-0.2, -0.15) is 0 Å². The minimum absolute atomic E-state index is 0.0562. The van der Waals surface area contributed by atoms with E-state index >= 15 is 0 Å². The number of benzene rings is 1. The molecule has 0 heterocycles. The first kappa shape index (κ1) is 15.9. The Morgan fingerprint density at radius 1 is 1.16 bits per heavy atom. The minimum Gasteiger partial charge on any atom is -0.492 e. The Kier molecular flexibility index (Phi) is 6.21. The lowest BCUT2D eigenvalue weighted by molar-refractivity contribution is 0.265. The number of nitrogens with one attached hydrogen (secondary N) is 1. The van der Waals surface area contributed by atoms with Crippen molar-refractivity contribution in [3.63, 3.8) is 0 Å². The fourth-order valence-corrected chi connectivity index (χ4v) is 2.32. The van der Waals surface area contributed by atoms with Gasteiger partial charge in [-0.15, -0.1) is 0 Å². The summed E-state index contributed by atoms with van der Waals surface area (Å²) >= 11 is 6.19. The van der Waals surface area contributed by atoms with Gasteiger partial charge in [-0.25, -0.2) is 0 Å². The highest BCUT2D eigenvalue weighted by Crippen LogP contribution is 2.47. The molecular formula is C13H20ClNO4. The summed E-state index contributed by atoms with van der Waals surface area (Å²) in [7, 11) is 6.41. The third-order valence-corrected chi connectivity index (χ3v) is 3.21. The molecule has 108 valence electrons. The van der Waals surface area contributed by atoms with Gasteiger partial charge in [0.25, 0.3) is 0 Å². The summed E-state index contributed by atoms with van der Waals surface area (Å²) in [6.45, 7) is 0.0562. The van der Waals surface area contributed by atoms with Crippen LogP contribution in [0.3, 0.4) is 0 Å². The van der Waals surface area contributed by atoms with Crippen LogP contribution in [0.4, 0.5) is 0 Å². The SMILES string of the molecule is CNC(CCO)c1cc(Cl)c(OC)c(OC)c1OC. The minimum atomic E-state index is -0.0859. The van der Waals surface area contributed by atoms with Crippen LogP contribution in [0.25, 0.3) is 0 Å². The number of methoxy groups -OCH3 is 3. The lowest BCUT2D eigenvalue weighted by Gasteiger charge is -2.22. The lowest BCUT2D eigenvalue weighted by atomic mass is 10.0. The fraction of sp³-hybridized carbons (Fsp3) is 0.538. The van der Waals surface area contributed by atoms with Crippen molar-refractivity contribution >= 4 is 11.6 Å². The molecule has 1 atom stereocenters. The first-order chi connectivity index (χ1) is 9.14. The zero-order valence-corrected chi connectivity index (χ0v) is 12.4. The smallest absolute Gasteiger partial charge is 0.205 e. The van der Waals surface area contributed by atoms with Crippen LogP contribution in [-0.2, 0) is 0 Å². The van der Waals surface area contributed by atoms with E-state index in [1.807, 2.05) is 7.05 Å². The van der Waals surface area contributed by atoms with Crippen LogP contribution < -0.4 is 19.5 Å². The van der Waals surface area contributed by atoms with E-state index in [4.69, 9.17) is 30.9 Å². The molecule has 0 spiro atoms. The second-order valence-corrected chi connectivity index (χ2v) is 4.31. The maximum atomic E-state index is 9.12. The molecule has 0 fully saturated rings.